The maximum atomic E-state index is 5.70. The van der Waals surface area contributed by atoms with Gasteiger partial charge in [-0.15, -0.1) is 0 Å². The van der Waals surface area contributed by atoms with E-state index in [1.54, 1.807) is 7.11 Å². The third-order valence-corrected chi connectivity index (χ3v) is 3.13. The Balaban J connectivity index is 1.80. The fourth-order valence-electron chi connectivity index (χ4n) is 2.19. The number of nitrogens with zero attached hydrogens (tertiary/aromatic N) is 1. The van der Waals surface area contributed by atoms with Crippen LogP contribution in [0.2, 0.25) is 0 Å². The molecule has 100 valence electrons. The summed E-state index contributed by atoms with van der Waals surface area (Å²) in [6.07, 6.45) is 0.307. The minimum absolute atomic E-state index is 0.307. The molecule has 1 fully saturated rings. The summed E-state index contributed by atoms with van der Waals surface area (Å²) in [5.74, 6) is 0.904. The van der Waals surface area contributed by atoms with Crippen molar-refractivity contribution in [2.45, 2.75) is 12.6 Å². The van der Waals surface area contributed by atoms with Crippen LogP contribution in [0.25, 0.3) is 0 Å². The molecule has 0 aliphatic carbocycles. The number of nitrogens with one attached hydrogen (secondary N) is 1. The number of hydrogen-bond acceptors (Lipinski definition) is 4. The van der Waals surface area contributed by atoms with Gasteiger partial charge in [-0.25, -0.2) is 0 Å². The van der Waals surface area contributed by atoms with Crippen molar-refractivity contribution in [1.82, 2.24) is 10.2 Å². The van der Waals surface area contributed by atoms with Crippen molar-refractivity contribution < 1.29 is 9.47 Å². The average molecular weight is 250 g/mol. The molecule has 4 nitrogen and oxygen atoms in total. The first kappa shape index (κ1) is 13.3. The van der Waals surface area contributed by atoms with Gasteiger partial charge >= 0.3 is 0 Å². The summed E-state index contributed by atoms with van der Waals surface area (Å²) in [7, 11) is 3.82. The highest BCUT2D eigenvalue weighted by molar-refractivity contribution is 5.27. The van der Waals surface area contributed by atoms with E-state index in [-0.39, 0.29) is 0 Å². The van der Waals surface area contributed by atoms with E-state index in [1.807, 2.05) is 12.1 Å². The quantitative estimate of drug-likeness (QED) is 0.849. The van der Waals surface area contributed by atoms with E-state index >= 15 is 0 Å². The third kappa shape index (κ3) is 3.98. The van der Waals surface area contributed by atoms with Crippen LogP contribution < -0.4 is 10.1 Å². The van der Waals surface area contributed by atoms with E-state index in [0.29, 0.717) is 6.10 Å². The number of ether oxygens (including phenoxy) is 2. The Kier molecular flexibility index (Phi) is 4.99. The molecule has 1 aromatic rings. The second kappa shape index (κ2) is 6.73. The summed E-state index contributed by atoms with van der Waals surface area (Å²) in [4.78, 5) is 2.29. The first-order chi connectivity index (χ1) is 8.78. The number of likely N-dealkylation sites (N-methyl/N-ethyl adjacent to an activating group) is 1. The lowest BCUT2D eigenvalue weighted by atomic mass is 10.2. The largest absolute Gasteiger partial charge is 0.497 e. The van der Waals surface area contributed by atoms with Crippen molar-refractivity contribution in [2.75, 3.05) is 40.4 Å². The van der Waals surface area contributed by atoms with Crippen molar-refractivity contribution in [2.24, 2.45) is 0 Å². The van der Waals surface area contributed by atoms with Crippen LogP contribution in [0, 0.1) is 0 Å². The third-order valence-electron chi connectivity index (χ3n) is 3.13. The van der Waals surface area contributed by atoms with Crippen LogP contribution in [-0.4, -0.2) is 51.4 Å². The molecule has 1 aliphatic rings. The Hall–Kier alpha value is -1.10. The molecule has 1 atom stereocenters. The molecule has 0 spiro atoms. The molecule has 1 heterocycles. The van der Waals surface area contributed by atoms with Crippen molar-refractivity contribution in [3.05, 3.63) is 29.8 Å². The van der Waals surface area contributed by atoms with Gasteiger partial charge in [0.05, 0.1) is 19.8 Å². The zero-order valence-corrected chi connectivity index (χ0v) is 11.2. The van der Waals surface area contributed by atoms with Crippen LogP contribution in [0.1, 0.15) is 5.56 Å². The van der Waals surface area contributed by atoms with Crippen molar-refractivity contribution in [1.29, 1.82) is 0 Å². The van der Waals surface area contributed by atoms with E-state index in [9.17, 15) is 0 Å². The van der Waals surface area contributed by atoms with Gasteiger partial charge < -0.3 is 14.8 Å². The zero-order valence-electron chi connectivity index (χ0n) is 11.2. The number of rotatable bonds is 5. The highest BCUT2D eigenvalue weighted by atomic mass is 16.5. The van der Waals surface area contributed by atoms with Crippen LogP contribution >= 0.6 is 0 Å². The lowest BCUT2D eigenvalue weighted by Crippen LogP contribution is -2.44. The lowest BCUT2D eigenvalue weighted by molar-refractivity contribution is 0.00884. The topological polar surface area (TPSA) is 33.7 Å². The Morgan fingerprint density at radius 2 is 2.17 bits per heavy atom. The summed E-state index contributed by atoms with van der Waals surface area (Å²) in [6, 6.07) is 8.22. The average Bonchev–Trinajstić information content (AvgIpc) is 2.40. The summed E-state index contributed by atoms with van der Waals surface area (Å²) in [5, 5.41) is 3.35. The van der Waals surface area contributed by atoms with E-state index in [1.165, 1.54) is 5.56 Å². The minimum atomic E-state index is 0.307. The number of morpholine rings is 1. The van der Waals surface area contributed by atoms with Crippen LogP contribution in [-0.2, 0) is 11.3 Å². The van der Waals surface area contributed by atoms with Gasteiger partial charge in [-0.05, 0) is 24.7 Å². The highest BCUT2D eigenvalue weighted by Crippen LogP contribution is 2.12. The Labute approximate surface area is 109 Å². The first-order valence-electron chi connectivity index (χ1n) is 6.41. The smallest absolute Gasteiger partial charge is 0.118 e. The second-order valence-corrected chi connectivity index (χ2v) is 4.74. The van der Waals surface area contributed by atoms with Gasteiger partial charge in [0.25, 0.3) is 0 Å². The molecule has 1 saturated heterocycles. The fourth-order valence-corrected chi connectivity index (χ4v) is 2.19. The van der Waals surface area contributed by atoms with E-state index < -0.39 is 0 Å². The van der Waals surface area contributed by atoms with Gasteiger partial charge in [0.15, 0.2) is 0 Å². The fraction of sp³-hybridized carbons (Fsp3) is 0.571. The second-order valence-electron chi connectivity index (χ2n) is 4.74. The molecular formula is C14H22N2O2. The number of hydrogen-bond donors (Lipinski definition) is 1. The normalized spacial score (nSPS) is 20.1. The highest BCUT2D eigenvalue weighted by Gasteiger charge is 2.15. The SMILES string of the molecule is COc1ccc(CN(C)CC2CNCCO2)cc1. The Morgan fingerprint density at radius 1 is 1.39 bits per heavy atom. The maximum absolute atomic E-state index is 5.70. The molecule has 1 aliphatic heterocycles. The summed E-state index contributed by atoms with van der Waals surface area (Å²) in [5.41, 5.74) is 1.29. The molecule has 0 saturated carbocycles. The van der Waals surface area contributed by atoms with Gasteiger partial charge in [0, 0.05) is 26.2 Å². The molecule has 1 aromatic carbocycles. The van der Waals surface area contributed by atoms with E-state index in [2.05, 4.69) is 29.4 Å². The predicted octanol–water partition coefficient (Wildman–Crippen LogP) is 1.12. The van der Waals surface area contributed by atoms with Crippen LogP contribution in [0.15, 0.2) is 24.3 Å². The minimum Gasteiger partial charge on any atom is -0.497 e. The number of methoxy groups -OCH3 is 1. The van der Waals surface area contributed by atoms with Crippen molar-refractivity contribution in [3.8, 4) is 5.75 Å². The summed E-state index contributed by atoms with van der Waals surface area (Å²) in [6.45, 7) is 4.63. The Bertz CT molecular complexity index is 347. The van der Waals surface area contributed by atoms with Gasteiger partial charge in [-0.1, -0.05) is 12.1 Å². The van der Waals surface area contributed by atoms with Gasteiger partial charge in [-0.3, -0.25) is 4.90 Å². The monoisotopic (exact) mass is 250 g/mol. The molecule has 0 bridgehead atoms. The predicted molar refractivity (Wildman–Crippen MR) is 71.9 cm³/mol. The Morgan fingerprint density at radius 3 is 2.78 bits per heavy atom. The zero-order chi connectivity index (χ0) is 12.8. The molecule has 2 rings (SSSR count). The van der Waals surface area contributed by atoms with Crippen LogP contribution in [0.3, 0.4) is 0 Å². The van der Waals surface area contributed by atoms with Crippen LogP contribution in [0.4, 0.5) is 0 Å². The van der Waals surface area contributed by atoms with Gasteiger partial charge in [-0.2, -0.15) is 0 Å². The van der Waals surface area contributed by atoms with E-state index in [0.717, 1.165) is 38.5 Å². The van der Waals surface area contributed by atoms with Crippen LogP contribution in [0.5, 0.6) is 5.75 Å². The summed E-state index contributed by atoms with van der Waals surface area (Å²) >= 11 is 0. The molecule has 18 heavy (non-hydrogen) atoms. The number of benzene rings is 1. The van der Waals surface area contributed by atoms with E-state index in [4.69, 9.17) is 9.47 Å². The molecule has 1 N–H and O–H groups in total. The molecule has 4 heteroatoms. The van der Waals surface area contributed by atoms with Crippen molar-refractivity contribution in [3.63, 3.8) is 0 Å². The molecular weight excluding hydrogens is 228 g/mol. The lowest BCUT2D eigenvalue weighted by Gasteiger charge is -2.28. The molecule has 0 amide bonds. The summed E-state index contributed by atoms with van der Waals surface area (Å²) < 4.78 is 10.9. The first-order valence-corrected chi connectivity index (χ1v) is 6.41. The van der Waals surface area contributed by atoms with Gasteiger partial charge in [0.2, 0.25) is 0 Å². The molecule has 0 radical (unpaired) electrons. The standard InChI is InChI=1S/C14H22N2O2/c1-16(11-14-9-15-7-8-18-14)10-12-3-5-13(17-2)6-4-12/h3-6,14-15H,7-11H2,1-2H3. The van der Waals surface area contributed by atoms with Gasteiger partial charge in [0.1, 0.15) is 5.75 Å². The molecule has 1 unspecified atom stereocenters. The maximum Gasteiger partial charge on any atom is 0.118 e. The van der Waals surface area contributed by atoms with Crippen molar-refractivity contribution >= 4 is 0 Å². The molecule has 0 aromatic heterocycles.